The lowest BCUT2D eigenvalue weighted by atomic mass is 10.0. The number of carboxylic acids is 1. The van der Waals surface area contributed by atoms with Crippen molar-refractivity contribution in [1.82, 2.24) is 5.32 Å². The minimum absolute atomic E-state index is 0.112. The van der Waals surface area contributed by atoms with Crippen LogP contribution in [0.25, 0.3) is 0 Å². The molecule has 0 aliphatic carbocycles. The fraction of sp³-hybridized carbons (Fsp3) is 0.250. The number of hydrogen-bond acceptors (Lipinski definition) is 3. The number of carbonyl (C=O) groups is 2. The average Bonchev–Trinajstić information content (AvgIpc) is 2.93. The summed E-state index contributed by atoms with van der Waals surface area (Å²) >= 11 is 7.34. The highest BCUT2D eigenvalue weighted by atomic mass is 35.5. The number of nitrogens with one attached hydrogen (secondary N) is 1. The molecule has 0 saturated carbocycles. The van der Waals surface area contributed by atoms with Gasteiger partial charge in [0, 0.05) is 15.9 Å². The monoisotopic (exact) mass is 337 g/mol. The van der Waals surface area contributed by atoms with Gasteiger partial charge in [-0.3, -0.25) is 9.59 Å². The Labute approximate surface area is 137 Å². The molecule has 2 rings (SSSR count). The first-order valence-corrected chi connectivity index (χ1v) is 8.06. The molecule has 1 amide bonds. The predicted octanol–water partition coefficient (Wildman–Crippen LogP) is 3.15. The van der Waals surface area contributed by atoms with Gasteiger partial charge in [0.25, 0.3) is 0 Å². The van der Waals surface area contributed by atoms with Crippen molar-refractivity contribution >= 4 is 34.8 Å². The van der Waals surface area contributed by atoms with Crippen LogP contribution in [0.15, 0.2) is 41.8 Å². The number of carboxylic acid groups (broad SMARTS) is 1. The molecule has 0 spiro atoms. The van der Waals surface area contributed by atoms with Gasteiger partial charge in [-0.05, 0) is 35.6 Å². The van der Waals surface area contributed by atoms with Gasteiger partial charge in [-0.15, -0.1) is 11.3 Å². The molecule has 1 heterocycles. The summed E-state index contributed by atoms with van der Waals surface area (Å²) in [6.07, 6.45) is 0.618. The molecule has 0 aliphatic rings. The van der Waals surface area contributed by atoms with E-state index >= 15 is 0 Å². The lowest BCUT2D eigenvalue weighted by Crippen LogP contribution is -2.38. The Morgan fingerprint density at radius 1 is 1.23 bits per heavy atom. The van der Waals surface area contributed by atoms with E-state index in [4.69, 9.17) is 16.7 Å². The van der Waals surface area contributed by atoms with Gasteiger partial charge in [0.15, 0.2) is 0 Å². The van der Waals surface area contributed by atoms with E-state index in [9.17, 15) is 9.59 Å². The highest BCUT2D eigenvalue weighted by molar-refractivity contribution is 7.10. The van der Waals surface area contributed by atoms with Crippen LogP contribution in [0.1, 0.15) is 16.9 Å². The Bertz CT molecular complexity index is 625. The van der Waals surface area contributed by atoms with Crippen molar-refractivity contribution in [2.75, 3.05) is 0 Å². The molecule has 2 N–H and O–H groups in total. The molecule has 0 saturated heterocycles. The van der Waals surface area contributed by atoms with Crippen LogP contribution in [0.2, 0.25) is 5.02 Å². The summed E-state index contributed by atoms with van der Waals surface area (Å²) in [5, 5.41) is 14.3. The Morgan fingerprint density at radius 3 is 2.55 bits per heavy atom. The van der Waals surface area contributed by atoms with Crippen LogP contribution < -0.4 is 5.32 Å². The number of carbonyl (C=O) groups excluding carboxylic acids is 1. The van der Waals surface area contributed by atoms with Crippen molar-refractivity contribution in [3.63, 3.8) is 0 Å². The first kappa shape index (κ1) is 16.5. The molecule has 22 heavy (non-hydrogen) atoms. The Balaban J connectivity index is 1.97. The quantitative estimate of drug-likeness (QED) is 0.815. The summed E-state index contributed by atoms with van der Waals surface area (Å²) in [6, 6.07) is 10.5. The summed E-state index contributed by atoms with van der Waals surface area (Å²) in [7, 11) is 0. The zero-order valence-electron chi connectivity index (χ0n) is 11.8. The summed E-state index contributed by atoms with van der Waals surface area (Å²) in [5.41, 5.74) is 0.937. The first-order chi connectivity index (χ1) is 10.5. The molecule has 0 fully saturated rings. The van der Waals surface area contributed by atoms with E-state index in [1.165, 1.54) is 11.3 Å². The Hall–Kier alpha value is -1.85. The van der Waals surface area contributed by atoms with Crippen LogP contribution >= 0.6 is 22.9 Å². The number of benzene rings is 1. The molecule has 0 aliphatic heterocycles. The highest BCUT2D eigenvalue weighted by Crippen LogP contribution is 2.13. The normalized spacial score (nSPS) is 11.9. The summed E-state index contributed by atoms with van der Waals surface area (Å²) in [5.74, 6) is -1.10. The number of thiophene rings is 1. The van der Waals surface area contributed by atoms with E-state index in [1.807, 2.05) is 29.6 Å². The third-order valence-corrected chi connectivity index (χ3v) is 4.22. The number of aliphatic carboxylic acids is 1. The molecule has 1 aromatic heterocycles. The van der Waals surface area contributed by atoms with Gasteiger partial charge in [0.05, 0.1) is 12.8 Å². The first-order valence-electron chi connectivity index (χ1n) is 6.81. The second-order valence-corrected chi connectivity index (χ2v) is 6.42. The zero-order valence-corrected chi connectivity index (χ0v) is 13.4. The molecular formula is C16H16ClNO3S. The van der Waals surface area contributed by atoms with E-state index < -0.39 is 12.0 Å². The van der Waals surface area contributed by atoms with Gasteiger partial charge in [0.2, 0.25) is 5.91 Å². The van der Waals surface area contributed by atoms with Crippen LogP contribution in [0.3, 0.4) is 0 Å². The number of amides is 1. The summed E-state index contributed by atoms with van der Waals surface area (Å²) in [4.78, 5) is 24.0. The minimum Gasteiger partial charge on any atom is -0.481 e. The second-order valence-electron chi connectivity index (χ2n) is 4.95. The molecule has 4 nitrogen and oxygen atoms in total. The lowest BCUT2D eigenvalue weighted by molar-refractivity contribution is -0.137. The second kappa shape index (κ2) is 7.96. The van der Waals surface area contributed by atoms with Crippen LogP contribution in [0, 0.1) is 0 Å². The highest BCUT2D eigenvalue weighted by Gasteiger charge is 2.17. The van der Waals surface area contributed by atoms with E-state index in [1.54, 1.807) is 12.1 Å². The Morgan fingerprint density at radius 2 is 1.95 bits per heavy atom. The van der Waals surface area contributed by atoms with Crippen LogP contribution in [0.5, 0.6) is 0 Å². The van der Waals surface area contributed by atoms with Crippen molar-refractivity contribution in [2.24, 2.45) is 0 Å². The van der Waals surface area contributed by atoms with E-state index in [2.05, 4.69) is 5.32 Å². The van der Waals surface area contributed by atoms with Gasteiger partial charge in [-0.25, -0.2) is 0 Å². The SMILES string of the molecule is O=C(O)CC(Cc1ccc(Cl)cc1)NC(=O)Cc1cccs1. The average molecular weight is 338 g/mol. The standard InChI is InChI=1S/C16H16ClNO3S/c17-12-5-3-11(4-6-12)8-13(9-16(20)21)18-15(19)10-14-2-1-7-22-14/h1-7,13H,8-10H2,(H,18,19)(H,20,21). The molecule has 1 unspecified atom stereocenters. The largest absolute Gasteiger partial charge is 0.481 e. The van der Waals surface area contributed by atoms with Gasteiger partial charge in [-0.1, -0.05) is 29.8 Å². The van der Waals surface area contributed by atoms with Crippen LogP contribution in [-0.4, -0.2) is 23.0 Å². The molecule has 6 heteroatoms. The maximum atomic E-state index is 12.0. The molecule has 116 valence electrons. The minimum atomic E-state index is -0.935. The zero-order chi connectivity index (χ0) is 15.9. The molecule has 1 aromatic carbocycles. The van der Waals surface area contributed by atoms with Crippen molar-refractivity contribution in [3.8, 4) is 0 Å². The van der Waals surface area contributed by atoms with Crippen LogP contribution in [0.4, 0.5) is 0 Å². The summed E-state index contributed by atoms with van der Waals surface area (Å²) < 4.78 is 0. The predicted molar refractivity (Wildman–Crippen MR) is 87.4 cm³/mol. The lowest BCUT2D eigenvalue weighted by Gasteiger charge is -2.17. The van der Waals surface area contributed by atoms with E-state index in [0.717, 1.165) is 10.4 Å². The fourth-order valence-corrected chi connectivity index (χ4v) is 2.97. The number of halogens is 1. The van der Waals surface area contributed by atoms with E-state index in [-0.39, 0.29) is 18.7 Å². The van der Waals surface area contributed by atoms with Crippen LogP contribution in [-0.2, 0) is 22.4 Å². The van der Waals surface area contributed by atoms with Gasteiger partial charge < -0.3 is 10.4 Å². The van der Waals surface area contributed by atoms with Crippen molar-refractivity contribution < 1.29 is 14.7 Å². The Kier molecular flexibility index (Phi) is 5.98. The molecule has 0 radical (unpaired) electrons. The topological polar surface area (TPSA) is 66.4 Å². The van der Waals surface area contributed by atoms with Crippen molar-refractivity contribution in [2.45, 2.75) is 25.3 Å². The molecular weight excluding hydrogens is 322 g/mol. The van der Waals surface area contributed by atoms with Gasteiger partial charge in [-0.2, -0.15) is 0 Å². The van der Waals surface area contributed by atoms with Crippen molar-refractivity contribution in [3.05, 3.63) is 57.2 Å². The molecule has 2 aromatic rings. The van der Waals surface area contributed by atoms with Gasteiger partial charge in [0.1, 0.15) is 0 Å². The molecule has 1 atom stereocenters. The number of rotatable bonds is 7. The smallest absolute Gasteiger partial charge is 0.305 e. The summed E-state index contributed by atoms with van der Waals surface area (Å²) in [6.45, 7) is 0. The van der Waals surface area contributed by atoms with Crippen molar-refractivity contribution in [1.29, 1.82) is 0 Å². The molecule has 0 bridgehead atoms. The maximum absolute atomic E-state index is 12.0. The third kappa shape index (κ3) is 5.50. The third-order valence-electron chi connectivity index (χ3n) is 3.10. The maximum Gasteiger partial charge on any atom is 0.305 e. The van der Waals surface area contributed by atoms with Gasteiger partial charge >= 0.3 is 5.97 Å². The fourth-order valence-electron chi connectivity index (χ4n) is 2.14. The number of hydrogen-bond donors (Lipinski definition) is 2. The van der Waals surface area contributed by atoms with E-state index in [0.29, 0.717) is 11.4 Å².